The Balaban J connectivity index is 2.06. The molecule has 108 valence electrons. The fraction of sp³-hybridized carbons (Fsp3) is 0.462. The van der Waals surface area contributed by atoms with Crippen molar-refractivity contribution in [1.29, 1.82) is 0 Å². The van der Waals surface area contributed by atoms with Crippen LogP contribution >= 0.6 is 0 Å². The van der Waals surface area contributed by atoms with Crippen molar-refractivity contribution in [2.75, 3.05) is 32.7 Å². The average Bonchev–Trinajstić information content (AvgIpc) is 2.89. The van der Waals surface area contributed by atoms with Crippen LogP contribution < -0.4 is 5.73 Å². The van der Waals surface area contributed by atoms with Crippen LogP contribution in [0.1, 0.15) is 5.56 Å². The van der Waals surface area contributed by atoms with Crippen molar-refractivity contribution in [3.05, 3.63) is 23.8 Å². The lowest BCUT2D eigenvalue weighted by Crippen LogP contribution is -2.11. The molecule has 0 unspecified atom stereocenters. The molecule has 7 nitrogen and oxygen atoms in total. The van der Waals surface area contributed by atoms with Crippen LogP contribution in [0.25, 0.3) is 11.4 Å². The van der Waals surface area contributed by atoms with Crippen LogP contribution in [0.2, 0.25) is 0 Å². The first kappa shape index (κ1) is 14.4. The van der Waals surface area contributed by atoms with Crippen LogP contribution in [0.15, 0.2) is 18.2 Å². The van der Waals surface area contributed by atoms with Gasteiger partial charge in [0.2, 0.25) is 0 Å². The number of hydrogen-bond donors (Lipinski definition) is 1. The summed E-state index contributed by atoms with van der Waals surface area (Å²) in [6.07, 6.45) is 0. The van der Waals surface area contributed by atoms with E-state index in [0.717, 1.165) is 11.1 Å². The quantitative estimate of drug-likeness (QED) is 0.597. The molecule has 2 rings (SSSR count). The molecule has 0 bridgehead atoms. The third-order valence-corrected chi connectivity index (χ3v) is 2.91. The predicted molar refractivity (Wildman–Crippen MR) is 75.1 cm³/mol. The second-order valence-electron chi connectivity index (χ2n) is 4.41. The highest BCUT2D eigenvalue weighted by atomic mass is 16.5. The van der Waals surface area contributed by atoms with E-state index in [2.05, 4.69) is 15.5 Å². The Labute approximate surface area is 117 Å². The number of benzene rings is 1. The maximum atomic E-state index is 5.82. The van der Waals surface area contributed by atoms with Crippen molar-refractivity contribution < 1.29 is 9.47 Å². The molecule has 0 aliphatic carbocycles. The molecule has 0 radical (unpaired) electrons. The second-order valence-corrected chi connectivity index (χ2v) is 4.41. The summed E-state index contributed by atoms with van der Waals surface area (Å²) in [7, 11) is 1.64. The van der Waals surface area contributed by atoms with Gasteiger partial charge in [0.1, 0.15) is 0 Å². The standard InChI is InChI=1S/C13H19N5O2/c1-10-3-4-11(14)9-12(10)13-15-16-17-18(13)5-6-20-8-7-19-2/h3-4,9H,5-8,14H2,1-2H3. The van der Waals surface area contributed by atoms with E-state index in [0.29, 0.717) is 37.9 Å². The molecule has 0 aliphatic rings. The Morgan fingerprint density at radius 1 is 1.25 bits per heavy atom. The largest absolute Gasteiger partial charge is 0.399 e. The van der Waals surface area contributed by atoms with Gasteiger partial charge in [0.05, 0.1) is 26.4 Å². The van der Waals surface area contributed by atoms with Crippen LogP contribution in [0.3, 0.4) is 0 Å². The van der Waals surface area contributed by atoms with Gasteiger partial charge in [-0.2, -0.15) is 0 Å². The molecular weight excluding hydrogens is 258 g/mol. The maximum absolute atomic E-state index is 5.82. The molecule has 0 saturated heterocycles. The van der Waals surface area contributed by atoms with E-state index in [1.54, 1.807) is 11.8 Å². The average molecular weight is 277 g/mol. The van der Waals surface area contributed by atoms with Gasteiger partial charge in [-0.05, 0) is 35.0 Å². The fourth-order valence-corrected chi connectivity index (χ4v) is 1.82. The van der Waals surface area contributed by atoms with Crippen LogP contribution in [0.5, 0.6) is 0 Å². The van der Waals surface area contributed by atoms with Crippen LogP contribution in [-0.2, 0) is 16.0 Å². The predicted octanol–water partition coefficient (Wildman–Crippen LogP) is 0.894. The van der Waals surface area contributed by atoms with Crippen molar-refractivity contribution >= 4 is 5.69 Å². The van der Waals surface area contributed by atoms with E-state index >= 15 is 0 Å². The lowest BCUT2D eigenvalue weighted by molar-refractivity contribution is 0.0654. The molecule has 0 spiro atoms. The molecule has 0 amide bonds. The summed E-state index contributed by atoms with van der Waals surface area (Å²) in [5.41, 5.74) is 8.53. The maximum Gasteiger partial charge on any atom is 0.182 e. The second kappa shape index (κ2) is 6.97. The monoisotopic (exact) mass is 277 g/mol. The summed E-state index contributed by atoms with van der Waals surface area (Å²) >= 11 is 0. The Bertz CT molecular complexity index is 555. The number of anilines is 1. The van der Waals surface area contributed by atoms with Crippen molar-refractivity contribution in [3.63, 3.8) is 0 Å². The number of nitrogen functional groups attached to an aromatic ring is 1. The Morgan fingerprint density at radius 3 is 2.90 bits per heavy atom. The van der Waals surface area contributed by atoms with Gasteiger partial charge in [-0.25, -0.2) is 4.68 Å². The normalized spacial score (nSPS) is 10.9. The molecule has 20 heavy (non-hydrogen) atoms. The number of ether oxygens (including phenoxy) is 2. The van der Waals surface area contributed by atoms with Gasteiger partial charge in [0.15, 0.2) is 5.82 Å². The highest BCUT2D eigenvalue weighted by Crippen LogP contribution is 2.22. The van der Waals surface area contributed by atoms with E-state index in [4.69, 9.17) is 15.2 Å². The van der Waals surface area contributed by atoms with Crippen LogP contribution in [0.4, 0.5) is 5.69 Å². The summed E-state index contributed by atoms with van der Waals surface area (Å²) in [6.45, 7) is 4.26. The van der Waals surface area contributed by atoms with Gasteiger partial charge in [-0.1, -0.05) is 6.07 Å². The smallest absolute Gasteiger partial charge is 0.182 e. The van der Waals surface area contributed by atoms with Crippen LogP contribution in [-0.4, -0.2) is 47.1 Å². The van der Waals surface area contributed by atoms with E-state index < -0.39 is 0 Å². The summed E-state index contributed by atoms with van der Waals surface area (Å²) in [4.78, 5) is 0. The number of rotatable bonds is 7. The number of nitrogens with zero attached hydrogens (tertiary/aromatic N) is 4. The first-order valence-electron chi connectivity index (χ1n) is 6.41. The minimum absolute atomic E-state index is 0.531. The highest BCUT2D eigenvalue weighted by molar-refractivity contribution is 5.65. The molecule has 2 aromatic rings. The number of aryl methyl sites for hydroxylation is 1. The van der Waals surface area contributed by atoms with Crippen LogP contribution in [0, 0.1) is 6.92 Å². The third-order valence-electron chi connectivity index (χ3n) is 2.91. The van der Waals surface area contributed by atoms with Gasteiger partial charge < -0.3 is 15.2 Å². The van der Waals surface area contributed by atoms with Crippen molar-refractivity contribution in [1.82, 2.24) is 20.2 Å². The first-order chi connectivity index (χ1) is 9.72. The van der Waals surface area contributed by atoms with Crippen molar-refractivity contribution in [2.24, 2.45) is 0 Å². The van der Waals surface area contributed by atoms with Gasteiger partial charge in [-0.15, -0.1) is 5.10 Å². The fourth-order valence-electron chi connectivity index (χ4n) is 1.82. The molecule has 1 heterocycles. The summed E-state index contributed by atoms with van der Waals surface area (Å²) in [5, 5.41) is 11.8. The molecule has 1 aromatic carbocycles. The number of methoxy groups -OCH3 is 1. The van der Waals surface area contributed by atoms with E-state index in [9.17, 15) is 0 Å². The minimum Gasteiger partial charge on any atom is -0.399 e. The lowest BCUT2D eigenvalue weighted by atomic mass is 10.1. The minimum atomic E-state index is 0.531. The first-order valence-corrected chi connectivity index (χ1v) is 6.41. The molecule has 2 N–H and O–H groups in total. The lowest BCUT2D eigenvalue weighted by Gasteiger charge is -2.08. The number of nitrogens with two attached hydrogens (primary N) is 1. The van der Waals surface area contributed by atoms with Gasteiger partial charge in [0.25, 0.3) is 0 Å². The molecule has 0 atom stereocenters. The van der Waals surface area contributed by atoms with E-state index in [1.807, 2.05) is 25.1 Å². The summed E-state index contributed by atoms with van der Waals surface area (Å²) in [5.74, 6) is 0.699. The number of hydrogen-bond acceptors (Lipinski definition) is 6. The summed E-state index contributed by atoms with van der Waals surface area (Å²) < 4.78 is 12.1. The molecule has 0 saturated carbocycles. The zero-order valence-electron chi connectivity index (χ0n) is 11.7. The van der Waals surface area contributed by atoms with Crippen molar-refractivity contribution in [2.45, 2.75) is 13.5 Å². The van der Waals surface area contributed by atoms with E-state index in [1.165, 1.54) is 0 Å². The Kier molecular flexibility index (Phi) is 5.03. The van der Waals surface area contributed by atoms with Gasteiger partial charge >= 0.3 is 0 Å². The molecule has 7 heteroatoms. The highest BCUT2D eigenvalue weighted by Gasteiger charge is 2.11. The topological polar surface area (TPSA) is 88.1 Å². The third kappa shape index (κ3) is 3.52. The van der Waals surface area contributed by atoms with Crippen molar-refractivity contribution in [3.8, 4) is 11.4 Å². The summed E-state index contributed by atoms with van der Waals surface area (Å²) in [6, 6.07) is 5.70. The number of aromatic nitrogens is 4. The Hall–Kier alpha value is -1.99. The zero-order chi connectivity index (χ0) is 14.4. The zero-order valence-corrected chi connectivity index (χ0v) is 11.7. The SMILES string of the molecule is COCCOCCn1nnnc1-c1cc(N)ccc1C. The molecule has 0 fully saturated rings. The molecular formula is C13H19N5O2. The van der Waals surface area contributed by atoms with E-state index in [-0.39, 0.29) is 0 Å². The molecule has 1 aromatic heterocycles. The molecule has 0 aliphatic heterocycles. The van der Waals surface area contributed by atoms with Gasteiger partial charge in [0, 0.05) is 18.4 Å². The number of tetrazole rings is 1. The van der Waals surface area contributed by atoms with Gasteiger partial charge in [-0.3, -0.25) is 0 Å². The Morgan fingerprint density at radius 2 is 2.10 bits per heavy atom.